The van der Waals surface area contributed by atoms with Crippen LogP contribution in [-0.2, 0) is 14.3 Å². The first-order valence-electron chi connectivity index (χ1n) is 8.74. The number of nitrogens with one attached hydrogen (secondary N) is 1. The van der Waals surface area contributed by atoms with Crippen LogP contribution in [0.4, 0.5) is 0 Å². The highest BCUT2D eigenvalue weighted by atomic mass is 127. The van der Waals surface area contributed by atoms with Gasteiger partial charge in [0.05, 0.1) is 18.6 Å². The monoisotopic (exact) mass is 453 g/mol. The number of halogens is 1. The number of hydrogen-bond donors (Lipinski definition) is 2. The number of rotatable bonds is 4. The fraction of sp³-hybridized carbons (Fsp3) is 0.882. The number of guanidine groups is 1. The normalized spacial score (nSPS) is 28.1. The standard InChI is InChI=1S/C17H31N3O3.HI/c1-17(2,3)23-15(21)12-6-8-13(9-7-12)20-16(18)19-11-14-5-4-10-22-14;/h12-14H,4-11H2,1-3H3,(H3,18,19,20);1H. The third-order valence-corrected chi connectivity index (χ3v) is 4.31. The Morgan fingerprint density at radius 1 is 1.25 bits per heavy atom. The summed E-state index contributed by atoms with van der Waals surface area (Å²) in [5.41, 5.74) is 5.54. The van der Waals surface area contributed by atoms with Gasteiger partial charge in [0.1, 0.15) is 5.60 Å². The molecule has 6 nitrogen and oxygen atoms in total. The average Bonchev–Trinajstić information content (AvgIpc) is 2.97. The second-order valence-corrected chi connectivity index (χ2v) is 7.59. The number of aliphatic imine (C=N–C) groups is 1. The van der Waals surface area contributed by atoms with Crippen molar-refractivity contribution in [2.24, 2.45) is 16.6 Å². The summed E-state index contributed by atoms with van der Waals surface area (Å²) < 4.78 is 11.0. The van der Waals surface area contributed by atoms with Crippen molar-refractivity contribution in [1.82, 2.24) is 5.32 Å². The van der Waals surface area contributed by atoms with E-state index in [1.54, 1.807) is 0 Å². The molecule has 0 amide bonds. The van der Waals surface area contributed by atoms with Crippen molar-refractivity contribution in [1.29, 1.82) is 0 Å². The number of carbonyl (C=O) groups excluding carboxylic acids is 1. The highest BCUT2D eigenvalue weighted by Gasteiger charge is 2.30. The van der Waals surface area contributed by atoms with Gasteiger partial charge in [-0.3, -0.25) is 9.79 Å². The van der Waals surface area contributed by atoms with E-state index in [-0.39, 0.29) is 42.0 Å². The minimum Gasteiger partial charge on any atom is -0.460 e. The maximum absolute atomic E-state index is 12.1. The quantitative estimate of drug-likeness (QED) is 0.296. The van der Waals surface area contributed by atoms with Crippen LogP contribution < -0.4 is 11.1 Å². The summed E-state index contributed by atoms with van der Waals surface area (Å²) in [5, 5.41) is 3.27. The molecule has 0 aromatic rings. The van der Waals surface area contributed by atoms with Crippen molar-refractivity contribution < 1.29 is 14.3 Å². The predicted molar refractivity (Wildman–Crippen MR) is 106 cm³/mol. The van der Waals surface area contributed by atoms with Gasteiger partial charge in [0.15, 0.2) is 5.96 Å². The molecule has 0 radical (unpaired) electrons. The van der Waals surface area contributed by atoms with Crippen molar-refractivity contribution in [2.45, 2.75) is 77.0 Å². The van der Waals surface area contributed by atoms with E-state index in [1.807, 2.05) is 20.8 Å². The van der Waals surface area contributed by atoms with Crippen LogP contribution in [0.25, 0.3) is 0 Å². The Morgan fingerprint density at radius 2 is 1.92 bits per heavy atom. The van der Waals surface area contributed by atoms with E-state index >= 15 is 0 Å². The second kappa shape index (κ2) is 9.79. The molecule has 140 valence electrons. The summed E-state index contributed by atoms with van der Waals surface area (Å²) in [6.45, 7) is 7.18. The summed E-state index contributed by atoms with van der Waals surface area (Å²) in [6.07, 6.45) is 5.91. The minimum absolute atomic E-state index is 0. The highest BCUT2D eigenvalue weighted by molar-refractivity contribution is 14.0. The smallest absolute Gasteiger partial charge is 0.309 e. The average molecular weight is 453 g/mol. The molecule has 1 heterocycles. The molecule has 1 aliphatic heterocycles. The first kappa shape index (κ1) is 21.5. The molecule has 0 spiro atoms. The van der Waals surface area contributed by atoms with Gasteiger partial charge in [-0.05, 0) is 59.3 Å². The summed E-state index contributed by atoms with van der Waals surface area (Å²) in [5.74, 6) is 0.425. The third kappa shape index (κ3) is 7.55. The van der Waals surface area contributed by atoms with Crippen molar-refractivity contribution in [3.8, 4) is 0 Å². The lowest BCUT2D eigenvalue weighted by Crippen LogP contribution is -2.43. The van der Waals surface area contributed by atoms with Crippen molar-refractivity contribution in [3.05, 3.63) is 0 Å². The van der Waals surface area contributed by atoms with Gasteiger partial charge in [-0.25, -0.2) is 0 Å². The van der Waals surface area contributed by atoms with E-state index < -0.39 is 5.60 Å². The fourth-order valence-corrected chi connectivity index (χ4v) is 3.10. The van der Waals surface area contributed by atoms with E-state index in [2.05, 4.69) is 10.3 Å². The predicted octanol–water partition coefficient (Wildman–Crippen LogP) is 2.59. The largest absolute Gasteiger partial charge is 0.460 e. The Hall–Kier alpha value is -0.570. The van der Waals surface area contributed by atoms with Gasteiger partial charge in [-0.15, -0.1) is 24.0 Å². The van der Waals surface area contributed by atoms with Crippen LogP contribution in [-0.4, -0.2) is 42.8 Å². The van der Waals surface area contributed by atoms with Crippen LogP contribution in [0.15, 0.2) is 4.99 Å². The van der Waals surface area contributed by atoms with Crippen LogP contribution >= 0.6 is 24.0 Å². The lowest BCUT2D eigenvalue weighted by molar-refractivity contribution is -0.161. The van der Waals surface area contributed by atoms with Gasteiger partial charge in [-0.1, -0.05) is 0 Å². The van der Waals surface area contributed by atoms with Crippen LogP contribution in [0, 0.1) is 5.92 Å². The molecular weight excluding hydrogens is 421 g/mol. The topological polar surface area (TPSA) is 85.9 Å². The van der Waals surface area contributed by atoms with E-state index in [9.17, 15) is 4.79 Å². The molecule has 0 bridgehead atoms. The van der Waals surface area contributed by atoms with Gasteiger partial charge in [0, 0.05) is 12.6 Å². The Kier molecular flexibility index (Phi) is 8.76. The molecule has 1 atom stereocenters. The maximum Gasteiger partial charge on any atom is 0.309 e. The zero-order valence-corrected chi connectivity index (χ0v) is 17.4. The van der Waals surface area contributed by atoms with E-state index in [4.69, 9.17) is 15.2 Å². The van der Waals surface area contributed by atoms with Crippen LogP contribution in [0.3, 0.4) is 0 Å². The molecule has 2 fully saturated rings. The maximum atomic E-state index is 12.1. The Bertz CT molecular complexity index is 423. The van der Waals surface area contributed by atoms with Crippen LogP contribution in [0.1, 0.15) is 59.3 Å². The summed E-state index contributed by atoms with van der Waals surface area (Å²) in [4.78, 5) is 16.5. The molecule has 0 aromatic carbocycles. The summed E-state index contributed by atoms with van der Waals surface area (Å²) in [7, 11) is 0. The van der Waals surface area contributed by atoms with Crippen molar-refractivity contribution >= 4 is 35.9 Å². The zero-order chi connectivity index (χ0) is 16.9. The van der Waals surface area contributed by atoms with Crippen LogP contribution in [0.5, 0.6) is 0 Å². The van der Waals surface area contributed by atoms with Gasteiger partial charge in [0.25, 0.3) is 0 Å². The molecule has 1 unspecified atom stereocenters. The summed E-state index contributed by atoms with van der Waals surface area (Å²) >= 11 is 0. The lowest BCUT2D eigenvalue weighted by Gasteiger charge is -2.30. The van der Waals surface area contributed by atoms with Gasteiger partial charge in [0.2, 0.25) is 0 Å². The number of carbonyl (C=O) groups is 1. The van der Waals surface area contributed by atoms with Gasteiger partial charge < -0.3 is 20.5 Å². The first-order chi connectivity index (χ1) is 10.8. The number of esters is 1. The molecule has 1 saturated carbocycles. The zero-order valence-electron chi connectivity index (χ0n) is 15.0. The Balaban J connectivity index is 0.00000288. The van der Waals surface area contributed by atoms with Gasteiger partial charge >= 0.3 is 5.97 Å². The first-order valence-corrected chi connectivity index (χ1v) is 8.74. The SMILES string of the molecule is CC(C)(C)OC(=O)C1CCC(NC(N)=NCC2CCCO2)CC1.I. The van der Waals surface area contributed by atoms with Crippen LogP contribution in [0.2, 0.25) is 0 Å². The Labute approximate surface area is 162 Å². The van der Waals surface area contributed by atoms with E-state index in [0.717, 1.165) is 45.1 Å². The Morgan fingerprint density at radius 3 is 2.46 bits per heavy atom. The summed E-state index contributed by atoms with van der Waals surface area (Å²) in [6, 6.07) is 0.293. The number of hydrogen-bond acceptors (Lipinski definition) is 4. The molecule has 1 aliphatic carbocycles. The molecular formula is C17H32IN3O3. The number of ether oxygens (including phenoxy) is 2. The minimum atomic E-state index is -0.411. The second-order valence-electron chi connectivity index (χ2n) is 7.59. The molecule has 0 aromatic heterocycles. The molecule has 7 heteroatoms. The molecule has 24 heavy (non-hydrogen) atoms. The molecule has 3 N–H and O–H groups in total. The number of nitrogens with zero attached hydrogens (tertiary/aromatic N) is 1. The molecule has 2 rings (SSSR count). The highest BCUT2D eigenvalue weighted by Crippen LogP contribution is 2.26. The van der Waals surface area contributed by atoms with Gasteiger partial charge in [-0.2, -0.15) is 0 Å². The van der Waals surface area contributed by atoms with E-state index in [1.165, 1.54) is 0 Å². The molecule has 1 saturated heterocycles. The third-order valence-electron chi connectivity index (χ3n) is 4.31. The fourth-order valence-electron chi connectivity index (χ4n) is 3.10. The van der Waals surface area contributed by atoms with E-state index in [0.29, 0.717) is 18.5 Å². The van der Waals surface area contributed by atoms with Crippen molar-refractivity contribution in [3.63, 3.8) is 0 Å². The molecule has 2 aliphatic rings. The van der Waals surface area contributed by atoms with Crippen molar-refractivity contribution in [2.75, 3.05) is 13.2 Å². The number of nitrogens with two attached hydrogens (primary N) is 1. The lowest BCUT2D eigenvalue weighted by atomic mass is 9.86.